The van der Waals surface area contributed by atoms with E-state index < -0.39 is 12.1 Å². The van der Waals surface area contributed by atoms with E-state index in [1.165, 1.54) is 4.57 Å². The van der Waals surface area contributed by atoms with Gasteiger partial charge in [0.1, 0.15) is 18.9 Å². The molecule has 0 saturated carbocycles. The van der Waals surface area contributed by atoms with Gasteiger partial charge in [-0.25, -0.2) is 9.78 Å². The smallest absolute Gasteiger partial charge is 0.347 e. The van der Waals surface area contributed by atoms with Gasteiger partial charge in [0.25, 0.3) is 5.56 Å². The van der Waals surface area contributed by atoms with Gasteiger partial charge in [-0.05, 0) is 31.2 Å². The summed E-state index contributed by atoms with van der Waals surface area (Å²) in [6.45, 7) is 1.16. The van der Waals surface area contributed by atoms with Crippen molar-refractivity contribution >= 4 is 16.9 Å². The number of hydrogen-bond donors (Lipinski definition) is 0. The van der Waals surface area contributed by atoms with E-state index >= 15 is 0 Å². The normalized spacial score (nSPS) is 11.6. The number of esters is 1. The molecule has 0 spiro atoms. The lowest BCUT2D eigenvalue weighted by Crippen LogP contribution is -2.29. The molecule has 0 aliphatic carbocycles. The molecule has 0 fully saturated rings. The lowest BCUT2D eigenvalue weighted by Gasteiger charge is -2.15. The van der Waals surface area contributed by atoms with Gasteiger partial charge in [-0.2, -0.15) is 5.26 Å². The fourth-order valence-electron chi connectivity index (χ4n) is 2.56. The van der Waals surface area contributed by atoms with Crippen molar-refractivity contribution in [1.29, 1.82) is 5.26 Å². The fourth-order valence-corrected chi connectivity index (χ4v) is 2.56. The summed E-state index contributed by atoms with van der Waals surface area (Å²) in [7, 11) is 0. The van der Waals surface area contributed by atoms with Crippen LogP contribution in [0.25, 0.3) is 10.9 Å². The third-order valence-electron chi connectivity index (χ3n) is 3.90. The average Bonchev–Trinajstić information content (AvgIpc) is 2.69. The number of ether oxygens (including phenoxy) is 2. The average molecular weight is 363 g/mol. The number of aromatic nitrogens is 2. The topological polar surface area (TPSA) is 94.2 Å². The number of hydrogen-bond acceptors (Lipinski definition) is 6. The highest BCUT2D eigenvalue weighted by atomic mass is 16.6. The summed E-state index contributed by atoms with van der Waals surface area (Å²) >= 11 is 0. The number of para-hydroxylation sites is 2. The van der Waals surface area contributed by atoms with Crippen LogP contribution in [0.4, 0.5) is 0 Å². The SMILES string of the molecule is C[C@@H](Oc1ccccc1)C(=O)OCc1nc2ccccc2c(=O)n1CC#N. The van der Waals surface area contributed by atoms with Crippen LogP contribution in [0.15, 0.2) is 59.4 Å². The van der Waals surface area contributed by atoms with Gasteiger partial charge in [-0.3, -0.25) is 9.36 Å². The summed E-state index contributed by atoms with van der Waals surface area (Å²) in [5.41, 5.74) is 0.137. The van der Waals surface area contributed by atoms with E-state index in [2.05, 4.69) is 4.98 Å². The third-order valence-corrected chi connectivity index (χ3v) is 3.90. The van der Waals surface area contributed by atoms with Crippen molar-refractivity contribution in [3.63, 3.8) is 0 Å². The molecule has 27 heavy (non-hydrogen) atoms. The predicted molar refractivity (Wildman–Crippen MR) is 97.9 cm³/mol. The molecule has 1 atom stereocenters. The minimum absolute atomic E-state index is 0.181. The zero-order chi connectivity index (χ0) is 19.2. The maximum atomic E-state index is 12.6. The second kappa shape index (κ2) is 8.15. The first kappa shape index (κ1) is 18.1. The van der Waals surface area contributed by atoms with Crippen LogP contribution in [-0.4, -0.2) is 21.6 Å². The number of nitriles is 1. The van der Waals surface area contributed by atoms with Crippen LogP contribution >= 0.6 is 0 Å². The molecule has 0 N–H and O–H groups in total. The Morgan fingerprint density at radius 1 is 1.19 bits per heavy atom. The molecule has 1 heterocycles. The van der Waals surface area contributed by atoms with Crippen molar-refractivity contribution < 1.29 is 14.3 Å². The van der Waals surface area contributed by atoms with E-state index in [0.29, 0.717) is 16.7 Å². The van der Waals surface area contributed by atoms with Gasteiger partial charge >= 0.3 is 5.97 Å². The number of carbonyl (C=O) groups is 1. The molecule has 3 aromatic rings. The van der Waals surface area contributed by atoms with Crippen LogP contribution in [0.3, 0.4) is 0 Å². The van der Waals surface area contributed by atoms with Crippen molar-refractivity contribution in [2.24, 2.45) is 0 Å². The van der Waals surface area contributed by atoms with E-state index in [1.54, 1.807) is 55.5 Å². The first-order chi connectivity index (χ1) is 13.1. The van der Waals surface area contributed by atoms with Crippen molar-refractivity contribution in [2.75, 3.05) is 0 Å². The van der Waals surface area contributed by atoms with Gasteiger partial charge in [0.15, 0.2) is 11.9 Å². The molecule has 3 rings (SSSR count). The number of carbonyl (C=O) groups excluding carboxylic acids is 1. The zero-order valence-electron chi connectivity index (χ0n) is 14.7. The lowest BCUT2D eigenvalue weighted by atomic mass is 10.2. The van der Waals surface area contributed by atoms with Gasteiger partial charge in [-0.15, -0.1) is 0 Å². The molecule has 1 aromatic heterocycles. The number of nitrogens with zero attached hydrogens (tertiary/aromatic N) is 3. The van der Waals surface area contributed by atoms with Crippen LogP contribution < -0.4 is 10.3 Å². The lowest BCUT2D eigenvalue weighted by molar-refractivity contribution is -0.152. The van der Waals surface area contributed by atoms with Gasteiger partial charge in [0.05, 0.1) is 17.0 Å². The highest BCUT2D eigenvalue weighted by molar-refractivity contribution is 5.77. The van der Waals surface area contributed by atoms with Gasteiger partial charge in [-0.1, -0.05) is 30.3 Å². The Labute approximate surface area is 155 Å². The Kier molecular flexibility index (Phi) is 5.47. The summed E-state index contributed by atoms with van der Waals surface area (Å²) in [6.07, 6.45) is -0.830. The number of benzene rings is 2. The Hall–Kier alpha value is -3.66. The van der Waals surface area contributed by atoms with Crippen molar-refractivity contribution in [3.05, 3.63) is 70.8 Å². The molecule has 0 amide bonds. The van der Waals surface area contributed by atoms with E-state index in [-0.39, 0.29) is 24.5 Å². The minimum Gasteiger partial charge on any atom is -0.479 e. The largest absolute Gasteiger partial charge is 0.479 e. The summed E-state index contributed by atoms with van der Waals surface area (Å²) < 4.78 is 12.0. The first-order valence-corrected chi connectivity index (χ1v) is 8.34. The monoisotopic (exact) mass is 363 g/mol. The third kappa shape index (κ3) is 4.12. The first-order valence-electron chi connectivity index (χ1n) is 8.34. The Morgan fingerprint density at radius 2 is 1.89 bits per heavy atom. The maximum Gasteiger partial charge on any atom is 0.347 e. The molecular formula is C20H17N3O4. The van der Waals surface area contributed by atoms with E-state index in [0.717, 1.165) is 0 Å². The summed E-state index contributed by atoms with van der Waals surface area (Å²) in [5.74, 6) is 0.164. The molecule has 7 nitrogen and oxygen atoms in total. The molecule has 0 aliphatic heterocycles. The number of rotatable bonds is 6. The second-order valence-electron chi connectivity index (χ2n) is 5.78. The quantitative estimate of drug-likeness (QED) is 0.624. The molecular weight excluding hydrogens is 346 g/mol. The molecule has 0 saturated heterocycles. The maximum absolute atomic E-state index is 12.6. The van der Waals surface area contributed by atoms with E-state index in [4.69, 9.17) is 14.7 Å². The summed E-state index contributed by atoms with van der Waals surface area (Å²) in [5, 5.41) is 9.41. The highest BCUT2D eigenvalue weighted by Crippen LogP contribution is 2.13. The predicted octanol–water partition coefficient (Wildman–Crippen LogP) is 2.43. The molecule has 0 bridgehead atoms. The van der Waals surface area contributed by atoms with E-state index in [9.17, 15) is 9.59 Å². The van der Waals surface area contributed by atoms with Crippen LogP contribution in [-0.2, 0) is 22.7 Å². The molecule has 0 radical (unpaired) electrons. The minimum atomic E-state index is -0.830. The molecule has 136 valence electrons. The number of fused-ring (bicyclic) bond motifs is 1. The van der Waals surface area contributed by atoms with Gasteiger partial charge < -0.3 is 9.47 Å². The van der Waals surface area contributed by atoms with Crippen LogP contribution in [0, 0.1) is 11.3 Å². The summed E-state index contributed by atoms with van der Waals surface area (Å²) in [4.78, 5) is 29.1. The van der Waals surface area contributed by atoms with Crippen molar-refractivity contribution in [3.8, 4) is 11.8 Å². The Balaban J connectivity index is 1.78. The van der Waals surface area contributed by atoms with Crippen molar-refractivity contribution in [2.45, 2.75) is 26.2 Å². The fraction of sp³-hybridized carbons (Fsp3) is 0.200. The van der Waals surface area contributed by atoms with Gasteiger partial charge in [0, 0.05) is 0 Å². The molecule has 2 aromatic carbocycles. The summed E-state index contributed by atoms with van der Waals surface area (Å²) in [6, 6.07) is 17.7. The second-order valence-corrected chi connectivity index (χ2v) is 5.78. The van der Waals surface area contributed by atoms with Gasteiger partial charge in [0.2, 0.25) is 0 Å². The van der Waals surface area contributed by atoms with Crippen molar-refractivity contribution in [1.82, 2.24) is 9.55 Å². The standard InChI is InChI=1S/C20H17N3O4/c1-14(27-15-7-3-2-4-8-15)20(25)26-13-18-22-17-10-6-5-9-16(17)19(24)23(18)12-11-21/h2-10,14H,12-13H2,1H3/t14-/m1/s1. The Morgan fingerprint density at radius 3 is 2.63 bits per heavy atom. The zero-order valence-corrected chi connectivity index (χ0v) is 14.7. The van der Waals surface area contributed by atoms with E-state index in [1.807, 2.05) is 12.1 Å². The van der Waals surface area contributed by atoms with Crippen LogP contribution in [0.2, 0.25) is 0 Å². The Bertz CT molecular complexity index is 1050. The van der Waals surface area contributed by atoms with Crippen LogP contribution in [0.1, 0.15) is 12.7 Å². The molecule has 0 unspecified atom stereocenters. The molecule has 0 aliphatic rings. The van der Waals surface area contributed by atoms with Crippen LogP contribution in [0.5, 0.6) is 5.75 Å². The highest BCUT2D eigenvalue weighted by Gasteiger charge is 2.18. The molecule has 7 heteroatoms.